The van der Waals surface area contributed by atoms with Crippen LogP contribution in [0.2, 0.25) is 0 Å². The van der Waals surface area contributed by atoms with Gasteiger partial charge in [0.2, 0.25) is 11.8 Å². The van der Waals surface area contributed by atoms with Crippen LogP contribution < -0.4 is 10.2 Å². The van der Waals surface area contributed by atoms with E-state index in [9.17, 15) is 19.5 Å². The Balaban J connectivity index is 2.39. The molecule has 2 amide bonds. The van der Waals surface area contributed by atoms with Crippen LogP contribution in [-0.4, -0.2) is 29.4 Å². The van der Waals surface area contributed by atoms with Crippen molar-refractivity contribution < 1.29 is 19.5 Å². The minimum atomic E-state index is -1.12. The molecule has 2 N–H and O–H groups in total. The predicted octanol–water partition coefficient (Wildman–Crippen LogP) is 1.86. The molecule has 1 heterocycles. The van der Waals surface area contributed by atoms with E-state index in [0.717, 1.165) is 12.8 Å². The molecule has 1 aliphatic rings. The third-order valence-electron chi connectivity index (χ3n) is 3.16. The lowest BCUT2D eigenvalue weighted by molar-refractivity contribution is -0.119. The highest BCUT2D eigenvalue weighted by Gasteiger charge is 2.24. The molecular weight excluding hydrogens is 260 g/mol. The van der Waals surface area contributed by atoms with Crippen LogP contribution in [0.15, 0.2) is 18.2 Å². The number of benzene rings is 1. The number of amides is 2. The fourth-order valence-electron chi connectivity index (χ4n) is 2.28. The van der Waals surface area contributed by atoms with Crippen molar-refractivity contribution in [2.45, 2.75) is 26.2 Å². The Morgan fingerprint density at radius 2 is 2.05 bits per heavy atom. The number of nitrogens with zero attached hydrogens (tertiary/aromatic N) is 1. The number of rotatable bonds is 3. The zero-order valence-electron chi connectivity index (χ0n) is 11.2. The van der Waals surface area contributed by atoms with Crippen LogP contribution in [0, 0.1) is 0 Å². The third-order valence-corrected chi connectivity index (χ3v) is 3.16. The van der Waals surface area contributed by atoms with Crippen LogP contribution >= 0.6 is 0 Å². The van der Waals surface area contributed by atoms with Gasteiger partial charge in [0, 0.05) is 25.6 Å². The van der Waals surface area contributed by atoms with Gasteiger partial charge in [0.15, 0.2) is 0 Å². The number of carbonyl (C=O) groups is 3. The molecule has 1 aromatic carbocycles. The second kappa shape index (κ2) is 5.73. The minimum Gasteiger partial charge on any atom is -0.478 e. The Labute approximate surface area is 116 Å². The van der Waals surface area contributed by atoms with E-state index in [1.165, 1.54) is 17.9 Å². The van der Waals surface area contributed by atoms with E-state index in [0.29, 0.717) is 24.3 Å². The molecule has 0 aromatic heterocycles. The van der Waals surface area contributed by atoms with E-state index >= 15 is 0 Å². The first-order valence-electron chi connectivity index (χ1n) is 6.44. The quantitative estimate of drug-likeness (QED) is 0.882. The van der Waals surface area contributed by atoms with Gasteiger partial charge in [-0.05, 0) is 31.0 Å². The predicted molar refractivity (Wildman–Crippen MR) is 73.9 cm³/mol. The van der Waals surface area contributed by atoms with Crippen molar-refractivity contribution >= 4 is 29.2 Å². The van der Waals surface area contributed by atoms with Gasteiger partial charge in [0.25, 0.3) is 0 Å². The Morgan fingerprint density at radius 3 is 2.65 bits per heavy atom. The smallest absolute Gasteiger partial charge is 0.337 e. The number of aromatic carboxylic acids is 1. The van der Waals surface area contributed by atoms with Gasteiger partial charge in [-0.1, -0.05) is 0 Å². The minimum absolute atomic E-state index is 0.0199. The maximum atomic E-state index is 11.9. The third kappa shape index (κ3) is 2.96. The molecule has 0 bridgehead atoms. The molecule has 20 heavy (non-hydrogen) atoms. The topological polar surface area (TPSA) is 86.7 Å². The molecule has 1 aromatic rings. The van der Waals surface area contributed by atoms with Crippen LogP contribution in [0.3, 0.4) is 0 Å². The summed E-state index contributed by atoms with van der Waals surface area (Å²) in [5, 5.41) is 11.8. The molecule has 1 aliphatic heterocycles. The molecular formula is C14H16N2O4. The maximum Gasteiger partial charge on any atom is 0.337 e. The molecule has 0 saturated carbocycles. The zero-order valence-corrected chi connectivity index (χ0v) is 11.2. The number of hydrogen-bond donors (Lipinski definition) is 2. The van der Waals surface area contributed by atoms with E-state index in [1.54, 1.807) is 12.1 Å². The van der Waals surface area contributed by atoms with E-state index in [1.807, 2.05) is 0 Å². The highest BCUT2D eigenvalue weighted by Crippen LogP contribution is 2.27. The lowest BCUT2D eigenvalue weighted by Gasteiger charge is -2.28. The average molecular weight is 276 g/mol. The van der Waals surface area contributed by atoms with Gasteiger partial charge in [0.1, 0.15) is 0 Å². The van der Waals surface area contributed by atoms with Gasteiger partial charge in [0.05, 0.1) is 11.3 Å². The monoisotopic (exact) mass is 276 g/mol. The Hall–Kier alpha value is -2.37. The van der Waals surface area contributed by atoms with Gasteiger partial charge in [-0.3, -0.25) is 9.59 Å². The molecule has 6 nitrogen and oxygen atoms in total. The second-order valence-corrected chi connectivity index (χ2v) is 4.72. The SMILES string of the molecule is CC(=O)Nc1ccc(N2CCCCC2=O)c(C(=O)O)c1. The summed E-state index contributed by atoms with van der Waals surface area (Å²) in [6.45, 7) is 1.88. The lowest BCUT2D eigenvalue weighted by atomic mass is 10.1. The Morgan fingerprint density at radius 1 is 1.30 bits per heavy atom. The number of anilines is 2. The summed E-state index contributed by atoms with van der Waals surface area (Å²) in [5.41, 5.74) is 0.811. The molecule has 0 spiro atoms. The van der Waals surface area contributed by atoms with Gasteiger partial charge >= 0.3 is 5.97 Å². The first kappa shape index (κ1) is 14.0. The first-order chi connectivity index (χ1) is 9.49. The second-order valence-electron chi connectivity index (χ2n) is 4.72. The molecule has 1 fully saturated rings. The zero-order chi connectivity index (χ0) is 14.7. The summed E-state index contributed by atoms with van der Waals surface area (Å²) in [4.78, 5) is 35.8. The van der Waals surface area contributed by atoms with Crippen LogP contribution in [0.5, 0.6) is 0 Å². The van der Waals surface area contributed by atoms with Gasteiger partial charge in [-0.15, -0.1) is 0 Å². The van der Waals surface area contributed by atoms with Crippen LogP contribution in [0.25, 0.3) is 0 Å². The van der Waals surface area contributed by atoms with Gasteiger partial charge in [-0.25, -0.2) is 4.79 Å². The molecule has 1 saturated heterocycles. The average Bonchev–Trinajstić information content (AvgIpc) is 2.39. The molecule has 2 rings (SSSR count). The summed E-state index contributed by atoms with van der Waals surface area (Å²) < 4.78 is 0. The van der Waals surface area contributed by atoms with Crippen molar-refractivity contribution in [2.24, 2.45) is 0 Å². The summed E-state index contributed by atoms with van der Waals surface area (Å²) in [7, 11) is 0. The number of nitrogens with one attached hydrogen (secondary N) is 1. The van der Waals surface area contributed by atoms with E-state index in [-0.39, 0.29) is 17.4 Å². The summed E-state index contributed by atoms with van der Waals surface area (Å²) in [6, 6.07) is 4.55. The Kier molecular flexibility index (Phi) is 4.02. The maximum absolute atomic E-state index is 11.9. The number of piperidine rings is 1. The molecule has 0 radical (unpaired) electrons. The Bertz CT molecular complexity index is 568. The van der Waals surface area contributed by atoms with E-state index < -0.39 is 5.97 Å². The fourth-order valence-corrected chi connectivity index (χ4v) is 2.28. The number of hydrogen-bond acceptors (Lipinski definition) is 3. The van der Waals surface area contributed by atoms with Crippen molar-refractivity contribution in [2.75, 3.05) is 16.8 Å². The highest BCUT2D eigenvalue weighted by molar-refractivity contribution is 6.03. The number of carbonyl (C=O) groups excluding carboxylic acids is 2. The highest BCUT2D eigenvalue weighted by atomic mass is 16.4. The number of carboxylic acids is 1. The first-order valence-corrected chi connectivity index (χ1v) is 6.44. The normalized spacial score (nSPS) is 15.1. The van der Waals surface area contributed by atoms with Gasteiger partial charge < -0.3 is 15.3 Å². The van der Waals surface area contributed by atoms with Crippen LogP contribution in [-0.2, 0) is 9.59 Å². The summed E-state index contributed by atoms with van der Waals surface area (Å²) in [6.07, 6.45) is 2.13. The molecule has 0 unspecified atom stereocenters. The van der Waals surface area contributed by atoms with Crippen molar-refractivity contribution in [3.8, 4) is 0 Å². The molecule has 106 valence electrons. The summed E-state index contributed by atoms with van der Waals surface area (Å²) >= 11 is 0. The number of carboxylic acid groups (broad SMARTS) is 1. The van der Waals surface area contributed by atoms with Crippen molar-refractivity contribution in [3.63, 3.8) is 0 Å². The van der Waals surface area contributed by atoms with E-state index in [4.69, 9.17) is 0 Å². The molecule has 6 heteroatoms. The standard InChI is InChI=1S/C14H16N2O4/c1-9(17)15-10-5-6-12(11(8-10)14(19)20)16-7-3-2-4-13(16)18/h5-6,8H,2-4,7H2,1H3,(H,15,17)(H,19,20). The molecule has 0 aliphatic carbocycles. The summed E-state index contributed by atoms with van der Waals surface area (Å²) in [5.74, 6) is -1.46. The van der Waals surface area contributed by atoms with Crippen molar-refractivity contribution in [3.05, 3.63) is 23.8 Å². The van der Waals surface area contributed by atoms with E-state index in [2.05, 4.69) is 5.32 Å². The fraction of sp³-hybridized carbons (Fsp3) is 0.357. The lowest BCUT2D eigenvalue weighted by Crippen LogP contribution is -2.36. The van der Waals surface area contributed by atoms with Gasteiger partial charge in [-0.2, -0.15) is 0 Å². The largest absolute Gasteiger partial charge is 0.478 e. The van der Waals surface area contributed by atoms with Crippen molar-refractivity contribution in [1.29, 1.82) is 0 Å². The van der Waals surface area contributed by atoms with Crippen LogP contribution in [0.4, 0.5) is 11.4 Å². The van der Waals surface area contributed by atoms with Crippen molar-refractivity contribution in [1.82, 2.24) is 0 Å². The van der Waals surface area contributed by atoms with Crippen LogP contribution in [0.1, 0.15) is 36.5 Å². The molecule has 0 atom stereocenters.